The Morgan fingerprint density at radius 2 is 1.93 bits per heavy atom. The van der Waals surface area contributed by atoms with E-state index in [0.29, 0.717) is 32.1 Å². The number of nitrogens with one attached hydrogen (secondary N) is 1. The molecule has 0 aliphatic carbocycles. The van der Waals surface area contributed by atoms with Crippen molar-refractivity contribution in [3.05, 3.63) is 62.7 Å². The first kappa shape index (κ1) is 22.2. The molecule has 0 aromatic heterocycles. The number of hydrogen-bond donors (Lipinski definition) is 2. The molecule has 158 valence electrons. The number of halogens is 1. The second-order valence-electron chi connectivity index (χ2n) is 6.66. The van der Waals surface area contributed by atoms with E-state index in [0.717, 1.165) is 27.8 Å². The topological polar surface area (TPSA) is 100 Å². The number of nitrogens with zero attached hydrogens (tertiary/aromatic N) is 2. The standard InChI is InChI=1S/C21H22IN3O5/c22-18-11-16(12-23-24-20(26)13-25-7-9-29-10-8-25)3-6-19(18)30-14-15-1-4-17(5-2-15)21(27)28/h1-6,11-12H,7-10,13-14H2,(H,24,26)(H,27,28)/b23-12+. The predicted octanol–water partition coefficient (Wildman–Crippen LogP) is 2.35. The van der Waals surface area contributed by atoms with E-state index >= 15 is 0 Å². The van der Waals surface area contributed by atoms with Crippen LogP contribution in [0.3, 0.4) is 0 Å². The number of carboxylic acid groups (broad SMARTS) is 1. The van der Waals surface area contributed by atoms with Crippen molar-refractivity contribution < 1.29 is 24.2 Å². The molecule has 2 N–H and O–H groups in total. The molecule has 0 bridgehead atoms. The van der Waals surface area contributed by atoms with Crippen molar-refractivity contribution >= 4 is 40.7 Å². The molecule has 8 nitrogen and oxygen atoms in total. The first-order valence-electron chi connectivity index (χ1n) is 9.38. The fourth-order valence-electron chi connectivity index (χ4n) is 2.80. The van der Waals surface area contributed by atoms with Crippen molar-refractivity contribution in [2.75, 3.05) is 32.8 Å². The van der Waals surface area contributed by atoms with Crippen LogP contribution in [-0.4, -0.2) is 60.9 Å². The smallest absolute Gasteiger partial charge is 0.335 e. The van der Waals surface area contributed by atoms with Crippen molar-refractivity contribution in [2.24, 2.45) is 5.10 Å². The second-order valence-corrected chi connectivity index (χ2v) is 7.82. The molecule has 9 heteroatoms. The van der Waals surface area contributed by atoms with E-state index in [1.807, 2.05) is 23.1 Å². The van der Waals surface area contributed by atoms with E-state index in [-0.39, 0.29) is 11.5 Å². The van der Waals surface area contributed by atoms with Gasteiger partial charge in [0.2, 0.25) is 0 Å². The quantitative estimate of drug-likeness (QED) is 0.313. The average molecular weight is 523 g/mol. The Morgan fingerprint density at radius 1 is 1.20 bits per heavy atom. The molecule has 1 aliphatic rings. The van der Waals surface area contributed by atoms with E-state index < -0.39 is 5.97 Å². The summed E-state index contributed by atoms with van der Waals surface area (Å²) in [6, 6.07) is 12.2. The number of benzene rings is 2. The monoisotopic (exact) mass is 523 g/mol. The highest BCUT2D eigenvalue weighted by Crippen LogP contribution is 2.22. The van der Waals surface area contributed by atoms with Gasteiger partial charge in [0.25, 0.3) is 5.91 Å². The SMILES string of the molecule is O=C(CN1CCOCC1)N/N=C/c1ccc(OCc2ccc(C(=O)O)cc2)c(I)c1. The second kappa shape index (κ2) is 11.0. The number of hydrogen-bond acceptors (Lipinski definition) is 6. The molecule has 1 heterocycles. The number of carboxylic acids is 1. The Hall–Kier alpha value is -2.50. The molecule has 0 saturated carbocycles. The zero-order chi connectivity index (χ0) is 21.3. The Bertz CT molecular complexity index is 911. The number of carbonyl (C=O) groups is 2. The maximum absolute atomic E-state index is 11.9. The van der Waals surface area contributed by atoms with Crippen LogP contribution in [0, 0.1) is 3.57 Å². The zero-order valence-corrected chi connectivity index (χ0v) is 18.4. The third-order valence-electron chi connectivity index (χ3n) is 4.42. The van der Waals surface area contributed by atoms with Gasteiger partial charge in [-0.15, -0.1) is 0 Å². The maximum Gasteiger partial charge on any atom is 0.335 e. The summed E-state index contributed by atoms with van der Waals surface area (Å²) < 4.78 is 12.0. The lowest BCUT2D eigenvalue weighted by Gasteiger charge is -2.25. The van der Waals surface area contributed by atoms with Gasteiger partial charge in [-0.25, -0.2) is 10.2 Å². The van der Waals surface area contributed by atoms with Gasteiger partial charge in [0.15, 0.2) is 0 Å². The number of hydrazone groups is 1. The number of ether oxygens (including phenoxy) is 2. The summed E-state index contributed by atoms with van der Waals surface area (Å²) in [6.07, 6.45) is 1.59. The first-order valence-corrected chi connectivity index (χ1v) is 10.5. The highest BCUT2D eigenvalue weighted by molar-refractivity contribution is 14.1. The highest BCUT2D eigenvalue weighted by atomic mass is 127. The minimum absolute atomic E-state index is 0.156. The minimum atomic E-state index is -0.952. The first-order chi connectivity index (χ1) is 14.5. The van der Waals surface area contributed by atoms with Crippen LogP contribution in [0.2, 0.25) is 0 Å². The van der Waals surface area contributed by atoms with Gasteiger partial charge in [0, 0.05) is 13.1 Å². The van der Waals surface area contributed by atoms with E-state index in [1.165, 1.54) is 0 Å². The molecule has 2 aromatic rings. The molecule has 1 saturated heterocycles. The molecule has 1 aliphatic heterocycles. The molecular formula is C21H22IN3O5. The summed E-state index contributed by atoms with van der Waals surface area (Å²) in [7, 11) is 0. The lowest BCUT2D eigenvalue weighted by atomic mass is 10.1. The fourth-order valence-corrected chi connectivity index (χ4v) is 3.49. The van der Waals surface area contributed by atoms with E-state index in [9.17, 15) is 9.59 Å². The predicted molar refractivity (Wildman–Crippen MR) is 120 cm³/mol. The molecule has 3 rings (SSSR count). The van der Waals surface area contributed by atoms with E-state index in [1.54, 1.807) is 30.5 Å². The Morgan fingerprint density at radius 3 is 2.60 bits per heavy atom. The number of rotatable bonds is 8. The van der Waals surface area contributed by atoms with Crippen molar-refractivity contribution in [2.45, 2.75) is 6.61 Å². The zero-order valence-electron chi connectivity index (χ0n) is 16.2. The average Bonchev–Trinajstić information content (AvgIpc) is 2.74. The van der Waals surface area contributed by atoms with Crippen LogP contribution in [0.4, 0.5) is 0 Å². The van der Waals surface area contributed by atoms with Gasteiger partial charge >= 0.3 is 5.97 Å². The van der Waals surface area contributed by atoms with Gasteiger partial charge in [-0.05, 0) is 64.0 Å². The van der Waals surface area contributed by atoms with Gasteiger partial charge in [-0.3, -0.25) is 9.69 Å². The van der Waals surface area contributed by atoms with Crippen molar-refractivity contribution in [1.82, 2.24) is 10.3 Å². The van der Waals surface area contributed by atoms with Crippen LogP contribution < -0.4 is 10.2 Å². The van der Waals surface area contributed by atoms with Gasteiger partial charge in [-0.2, -0.15) is 5.10 Å². The number of morpholine rings is 1. The lowest BCUT2D eigenvalue weighted by Crippen LogP contribution is -2.42. The van der Waals surface area contributed by atoms with Crippen LogP contribution in [0.5, 0.6) is 5.75 Å². The Kier molecular flexibility index (Phi) is 8.17. The largest absolute Gasteiger partial charge is 0.488 e. The molecule has 0 spiro atoms. The maximum atomic E-state index is 11.9. The van der Waals surface area contributed by atoms with E-state index in [4.69, 9.17) is 14.6 Å². The Balaban J connectivity index is 1.48. The molecule has 1 fully saturated rings. The van der Waals surface area contributed by atoms with Crippen LogP contribution in [-0.2, 0) is 16.1 Å². The number of carbonyl (C=O) groups excluding carboxylic acids is 1. The molecular weight excluding hydrogens is 501 g/mol. The third kappa shape index (κ3) is 6.78. The van der Waals surface area contributed by atoms with Gasteiger partial charge in [0.05, 0.1) is 35.1 Å². The molecule has 2 aromatic carbocycles. The van der Waals surface area contributed by atoms with Crippen molar-refractivity contribution in [1.29, 1.82) is 0 Å². The van der Waals surface area contributed by atoms with Crippen LogP contribution in [0.25, 0.3) is 0 Å². The van der Waals surface area contributed by atoms with Gasteiger partial charge in [-0.1, -0.05) is 12.1 Å². The van der Waals surface area contributed by atoms with Crippen molar-refractivity contribution in [3.63, 3.8) is 0 Å². The Labute approximate surface area is 188 Å². The fraction of sp³-hybridized carbons (Fsp3) is 0.286. The lowest BCUT2D eigenvalue weighted by molar-refractivity contribution is -0.123. The third-order valence-corrected chi connectivity index (χ3v) is 5.27. The van der Waals surface area contributed by atoms with Gasteiger partial charge in [0.1, 0.15) is 12.4 Å². The van der Waals surface area contributed by atoms with E-state index in [2.05, 4.69) is 33.1 Å². The van der Waals surface area contributed by atoms with Crippen LogP contribution in [0.1, 0.15) is 21.5 Å². The number of amides is 1. The minimum Gasteiger partial charge on any atom is -0.488 e. The molecule has 0 atom stereocenters. The summed E-state index contributed by atoms with van der Waals surface area (Å²) >= 11 is 2.17. The summed E-state index contributed by atoms with van der Waals surface area (Å²) in [5.41, 5.74) is 4.50. The molecule has 0 radical (unpaired) electrons. The molecule has 30 heavy (non-hydrogen) atoms. The summed E-state index contributed by atoms with van der Waals surface area (Å²) in [6.45, 7) is 3.44. The van der Waals surface area contributed by atoms with Crippen LogP contribution in [0.15, 0.2) is 47.6 Å². The molecule has 0 unspecified atom stereocenters. The summed E-state index contributed by atoms with van der Waals surface area (Å²) in [5, 5.41) is 13.0. The normalized spacial score (nSPS) is 14.6. The summed E-state index contributed by atoms with van der Waals surface area (Å²) in [4.78, 5) is 24.9. The highest BCUT2D eigenvalue weighted by Gasteiger charge is 2.13. The summed E-state index contributed by atoms with van der Waals surface area (Å²) in [5.74, 6) is -0.394. The van der Waals surface area contributed by atoms with Gasteiger partial charge < -0.3 is 14.6 Å². The number of aromatic carboxylic acids is 1. The molecule has 1 amide bonds. The van der Waals surface area contributed by atoms with Crippen molar-refractivity contribution in [3.8, 4) is 5.75 Å². The van der Waals surface area contributed by atoms with Crippen LogP contribution >= 0.6 is 22.6 Å².